The molecule has 326 valence electrons. The minimum absolute atomic E-state index is 0. The predicted molar refractivity (Wildman–Crippen MR) is 250 cm³/mol. The zero-order valence-corrected chi connectivity index (χ0v) is 37.7. The number of primary sulfonamides is 1. The summed E-state index contributed by atoms with van der Waals surface area (Å²) in [5.41, 5.74) is 3.44. The quantitative estimate of drug-likeness (QED) is 0.105. The van der Waals surface area contributed by atoms with E-state index >= 15 is 0 Å². The average molecular weight is 958 g/mol. The number of fused-ring (bicyclic) bond motifs is 4. The number of nitrogens with two attached hydrogens (primary N) is 1. The molecule has 3 aliphatic heterocycles. The molecule has 2 aliphatic carbocycles. The van der Waals surface area contributed by atoms with Crippen LogP contribution in [0.2, 0.25) is 5.02 Å². The Morgan fingerprint density at radius 1 is 1.14 bits per heavy atom. The molecule has 3 heterocycles. The van der Waals surface area contributed by atoms with Crippen LogP contribution in [0.15, 0.2) is 61.7 Å². The van der Waals surface area contributed by atoms with E-state index in [0.717, 1.165) is 67.7 Å². The number of sulfonamides is 1. The van der Waals surface area contributed by atoms with Crippen LogP contribution in [0, 0.1) is 11.8 Å². The normalized spacial score (nSPS) is 24.4. The highest BCUT2D eigenvalue weighted by Crippen LogP contribution is 2.46. The van der Waals surface area contributed by atoms with Gasteiger partial charge in [-0.25, -0.2) is 18.4 Å². The number of aliphatic hydroxyl groups is 1. The van der Waals surface area contributed by atoms with Crippen molar-refractivity contribution in [3.8, 4) is 5.75 Å². The molecule has 0 aromatic heterocycles. The van der Waals surface area contributed by atoms with Crippen LogP contribution in [0.4, 0.5) is 5.69 Å². The molecule has 5 N–H and O–H groups in total. The number of piperazine rings is 1. The Hall–Kier alpha value is -2.20. The molecule has 0 bridgehead atoms. The van der Waals surface area contributed by atoms with Crippen molar-refractivity contribution in [3.05, 3.63) is 83.4 Å². The molecule has 0 unspecified atom stereocenters. The average Bonchev–Trinajstić information content (AvgIpc) is 3.33. The fraction of sp³-hybridized carbons (Fsp3) is 0.622. The molecule has 0 amide bonds. The lowest BCUT2D eigenvalue weighted by Crippen LogP contribution is -2.53. The third kappa shape index (κ3) is 13.7. The summed E-state index contributed by atoms with van der Waals surface area (Å²) >= 11 is 8.60. The van der Waals surface area contributed by atoms with E-state index in [4.69, 9.17) is 21.5 Å². The Kier molecular flexibility index (Phi) is 21.0. The number of aromatic carboxylic acids is 1. The van der Waals surface area contributed by atoms with Gasteiger partial charge < -0.3 is 25.2 Å². The van der Waals surface area contributed by atoms with Crippen LogP contribution in [-0.4, -0.2) is 97.2 Å². The number of piperidine rings is 1. The van der Waals surface area contributed by atoms with Crippen LogP contribution >= 0.6 is 34.2 Å². The van der Waals surface area contributed by atoms with Crippen molar-refractivity contribution in [2.75, 3.05) is 55.2 Å². The van der Waals surface area contributed by atoms with E-state index in [1.165, 1.54) is 61.0 Å². The standard InChI is InChI=1S/C27H30ClNO4.C8H16N2.C7H15NO2S.C2H5I.CH4/c1-2-24(30)21-8-5-19(21)14-29-15-27(11-3-4-17-12-20(28)7-9-22(17)27)16-33-25-10-6-18(26(31)32)13-23(25)29;1-2-5-10-6-4-9-7-8(10)3-1;1-3-5-6-7(4-2)11(8,9)10;1-2-3;/h2,6-7,9-10,12-13,19,21,24,30H,1,3-5,8,11,14-16H2,(H,31,32);8-9H,1-7H2;3,7H,1,4-6H2,2H3,(H2,8,9,10);2H2,1H3;1H4/t19-,21+,24-,27-;8-;7-;;/m011../s1. The maximum atomic E-state index is 11.7. The molecule has 1 saturated carbocycles. The number of alkyl halides is 1. The summed E-state index contributed by atoms with van der Waals surface area (Å²) in [7, 11) is -3.33. The van der Waals surface area contributed by atoms with Crippen molar-refractivity contribution in [2.45, 2.75) is 115 Å². The maximum absolute atomic E-state index is 11.7. The largest absolute Gasteiger partial charge is 0.490 e. The molecule has 0 radical (unpaired) electrons. The first-order chi connectivity index (χ1) is 27.3. The smallest absolute Gasteiger partial charge is 0.335 e. The number of rotatable bonds is 10. The van der Waals surface area contributed by atoms with Crippen molar-refractivity contribution in [1.82, 2.24) is 10.2 Å². The Morgan fingerprint density at radius 3 is 2.52 bits per heavy atom. The number of benzene rings is 2. The number of carboxylic acid groups (broad SMARTS) is 1. The van der Waals surface area contributed by atoms with E-state index in [9.17, 15) is 23.4 Å². The highest BCUT2D eigenvalue weighted by atomic mass is 127. The number of anilines is 1. The number of allylic oxidation sites excluding steroid dienone is 1. The lowest BCUT2D eigenvalue weighted by atomic mass is 9.68. The van der Waals surface area contributed by atoms with Gasteiger partial charge in [-0.2, -0.15) is 0 Å². The lowest BCUT2D eigenvalue weighted by Gasteiger charge is -2.45. The Morgan fingerprint density at radius 2 is 1.90 bits per heavy atom. The number of halogens is 2. The number of carboxylic acids is 1. The number of hydrogen-bond donors (Lipinski definition) is 4. The van der Waals surface area contributed by atoms with Crippen LogP contribution < -0.4 is 20.1 Å². The molecule has 6 atom stereocenters. The summed E-state index contributed by atoms with van der Waals surface area (Å²) < 4.78 is 29.2. The van der Waals surface area contributed by atoms with E-state index in [0.29, 0.717) is 31.8 Å². The summed E-state index contributed by atoms with van der Waals surface area (Å²) in [5.74, 6) is 0.282. The molecule has 1 spiro atoms. The van der Waals surface area contributed by atoms with Gasteiger partial charge in [-0.05, 0) is 128 Å². The topological polar surface area (TPSA) is 145 Å². The molecule has 10 nitrogen and oxygen atoms in total. The van der Waals surface area contributed by atoms with Crippen molar-refractivity contribution in [2.24, 2.45) is 17.0 Å². The Balaban J connectivity index is 0.000000294. The Labute approximate surface area is 368 Å². The molecule has 2 aromatic rings. The highest BCUT2D eigenvalue weighted by molar-refractivity contribution is 14.1. The third-order valence-corrected chi connectivity index (χ3v) is 13.9. The molecular formula is C45H70ClIN4O6S. The summed E-state index contributed by atoms with van der Waals surface area (Å²) in [6.07, 6.45) is 14.1. The molecule has 13 heteroatoms. The van der Waals surface area contributed by atoms with Crippen LogP contribution in [0.25, 0.3) is 0 Å². The summed E-state index contributed by atoms with van der Waals surface area (Å²) in [5, 5.41) is 28.8. The lowest BCUT2D eigenvalue weighted by molar-refractivity contribution is 0.0460. The van der Waals surface area contributed by atoms with E-state index in [1.54, 1.807) is 30.4 Å². The van der Waals surface area contributed by atoms with Crippen LogP contribution in [0.3, 0.4) is 0 Å². The molecule has 2 aromatic carbocycles. The number of nitrogens with zero attached hydrogens (tertiary/aromatic N) is 2. The van der Waals surface area contributed by atoms with Gasteiger partial charge in [0.1, 0.15) is 5.75 Å². The van der Waals surface area contributed by atoms with Gasteiger partial charge >= 0.3 is 5.97 Å². The van der Waals surface area contributed by atoms with Crippen LogP contribution in [0.5, 0.6) is 5.75 Å². The minimum atomic E-state index is -3.33. The van der Waals surface area contributed by atoms with Crippen LogP contribution in [-0.2, 0) is 21.9 Å². The third-order valence-electron chi connectivity index (χ3n) is 12.2. The number of aryl methyl sites for hydroxylation is 1. The zero-order valence-electron chi connectivity index (χ0n) is 34.0. The predicted octanol–water partition coefficient (Wildman–Crippen LogP) is 8.63. The molecule has 3 fully saturated rings. The molecule has 2 saturated heterocycles. The van der Waals surface area contributed by atoms with E-state index in [1.807, 2.05) is 13.0 Å². The van der Waals surface area contributed by atoms with Gasteiger partial charge in [-0.3, -0.25) is 4.90 Å². The molecule has 5 aliphatic rings. The van der Waals surface area contributed by atoms with Crippen molar-refractivity contribution >= 4 is 55.9 Å². The molecular weight excluding hydrogens is 887 g/mol. The number of nitrogens with one attached hydrogen (secondary N) is 1. The second kappa shape index (κ2) is 24.3. The molecule has 7 rings (SSSR count). The van der Waals surface area contributed by atoms with Crippen molar-refractivity contribution < 1.29 is 28.2 Å². The van der Waals surface area contributed by atoms with E-state index < -0.39 is 27.3 Å². The SMILES string of the molecule is C.C1CCN2CCNC[C@H]2C1.C=CCC[C@@H](CC)S(N)(=O)=O.C=C[C@H](O)[C@@H]1CC[C@H]1CN1C[C@@]2(CCCc3cc(Cl)ccc32)COc2ccc(C(=O)O)cc21.CCI. The van der Waals surface area contributed by atoms with E-state index in [-0.39, 0.29) is 24.3 Å². The van der Waals surface area contributed by atoms with Gasteiger partial charge in [0, 0.05) is 49.2 Å². The van der Waals surface area contributed by atoms with Gasteiger partial charge in [0.25, 0.3) is 0 Å². The van der Waals surface area contributed by atoms with Crippen molar-refractivity contribution in [1.29, 1.82) is 0 Å². The van der Waals surface area contributed by atoms with Gasteiger partial charge in [-0.15, -0.1) is 13.2 Å². The fourth-order valence-electron chi connectivity index (χ4n) is 8.96. The molecule has 58 heavy (non-hydrogen) atoms. The summed E-state index contributed by atoms with van der Waals surface area (Å²) in [4.78, 5) is 16.7. The first-order valence-corrected chi connectivity index (χ1v) is 24.3. The zero-order chi connectivity index (χ0) is 41.6. The van der Waals surface area contributed by atoms with Gasteiger partial charge in [0.15, 0.2) is 0 Å². The summed E-state index contributed by atoms with van der Waals surface area (Å²) in [6.45, 7) is 18.3. The Bertz CT molecular complexity index is 1710. The minimum Gasteiger partial charge on any atom is -0.490 e. The number of aliphatic hydroxyl groups excluding tert-OH is 1. The monoisotopic (exact) mass is 956 g/mol. The second-order valence-corrected chi connectivity index (χ2v) is 19.8. The number of carbonyl (C=O) groups is 1. The maximum Gasteiger partial charge on any atom is 0.335 e. The van der Waals surface area contributed by atoms with Gasteiger partial charge in [0.2, 0.25) is 10.0 Å². The fourth-order valence-corrected chi connectivity index (χ4v) is 10.1. The van der Waals surface area contributed by atoms with Gasteiger partial charge in [0.05, 0.1) is 29.2 Å². The van der Waals surface area contributed by atoms with Crippen molar-refractivity contribution in [3.63, 3.8) is 0 Å². The number of ether oxygens (including phenoxy) is 1. The van der Waals surface area contributed by atoms with E-state index in [2.05, 4.69) is 69.9 Å². The first-order valence-electron chi connectivity index (χ1n) is 20.8. The van der Waals surface area contributed by atoms with Crippen LogP contribution in [0.1, 0.15) is 107 Å². The van der Waals surface area contributed by atoms with Gasteiger partial charge in [-0.1, -0.05) is 80.1 Å². The second-order valence-electron chi connectivity index (χ2n) is 16.0. The first kappa shape index (κ1) is 50.2. The highest BCUT2D eigenvalue weighted by Gasteiger charge is 2.44. The summed E-state index contributed by atoms with van der Waals surface area (Å²) in [6, 6.07) is 12.2. The number of hydrogen-bond acceptors (Lipinski definition) is 8.